The van der Waals surface area contributed by atoms with Crippen LogP contribution in [0.5, 0.6) is 0 Å². The molecule has 0 radical (unpaired) electrons. The minimum Gasteiger partial charge on any atom is -0.478 e. The van der Waals surface area contributed by atoms with Gasteiger partial charge in [-0.1, -0.05) is 0 Å². The molecule has 0 spiro atoms. The topological polar surface area (TPSA) is 55.1 Å². The Morgan fingerprint density at radius 1 is 1.42 bits per heavy atom. The Morgan fingerprint density at radius 2 is 2.26 bits per heavy atom. The smallest absolute Gasteiger partial charge is 0.335 e. The molecule has 0 saturated carbocycles. The summed E-state index contributed by atoms with van der Waals surface area (Å²) in [5, 5.41) is 13.2. The minimum atomic E-state index is -0.919. The van der Waals surface area contributed by atoms with Crippen molar-refractivity contribution < 1.29 is 9.90 Å². The number of rotatable bonds is 3. The molecule has 1 N–H and O–H groups in total. The molecule has 0 aliphatic heterocycles. The van der Waals surface area contributed by atoms with E-state index in [0.29, 0.717) is 0 Å². The van der Waals surface area contributed by atoms with Gasteiger partial charge in [0.05, 0.1) is 29.0 Å². The molecular weight excluding hydrogens is 260 g/mol. The van der Waals surface area contributed by atoms with Crippen LogP contribution in [0.2, 0.25) is 0 Å². The van der Waals surface area contributed by atoms with Gasteiger partial charge in [0.2, 0.25) is 0 Å². The fourth-order valence-corrected chi connectivity index (χ4v) is 2.89. The van der Waals surface area contributed by atoms with Gasteiger partial charge in [0.15, 0.2) is 0 Å². The molecule has 0 fully saturated rings. The molecular formula is C14H12N2O2S. The van der Waals surface area contributed by atoms with Gasteiger partial charge < -0.3 is 9.67 Å². The number of aromatic carboxylic acids is 1. The summed E-state index contributed by atoms with van der Waals surface area (Å²) in [6, 6.07) is 7.21. The molecule has 19 heavy (non-hydrogen) atoms. The van der Waals surface area contributed by atoms with E-state index in [9.17, 15) is 4.79 Å². The third-order valence-electron chi connectivity index (χ3n) is 3.26. The quantitative estimate of drug-likeness (QED) is 0.795. The first-order valence-electron chi connectivity index (χ1n) is 5.89. The van der Waals surface area contributed by atoms with Gasteiger partial charge in [-0.2, -0.15) is 11.3 Å². The Bertz CT molecular complexity index is 731. The molecule has 0 aliphatic carbocycles. The number of carbonyl (C=O) groups is 1. The standard InChI is InChI=1S/C14H12N2O2S/c1-9(11-4-5-19-7-11)16-8-15-12-3-2-10(14(17)18)6-13(12)16/h2-9H,1H3,(H,17,18). The monoisotopic (exact) mass is 272 g/mol. The summed E-state index contributed by atoms with van der Waals surface area (Å²) in [4.78, 5) is 15.4. The highest BCUT2D eigenvalue weighted by Crippen LogP contribution is 2.25. The van der Waals surface area contributed by atoms with Gasteiger partial charge in [-0.05, 0) is 47.5 Å². The number of aromatic nitrogens is 2. The van der Waals surface area contributed by atoms with E-state index in [2.05, 4.69) is 23.4 Å². The number of fused-ring (bicyclic) bond motifs is 1. The van der Waals surface area contributed by atoms with Gasteiger partial charge in [0.25, 0.3) is 0 Å². The van der Waals surface area contributed by atoms with E-state index in [-0.39, 0.29) is 11.6 Å². The lowest BCUT2D eigenvalue weighted by Crippen LogP contribution is -2.05. The van der Waals surface area contributed by atoms with Crippen LogP contribution < -0.4 is 0 Å². The summed E-state index contributed by atoms with van der Waals surface area (Å²) >= 11 is 1.65. The summed E-state index contributed by atoms with van der Waals surface area (Å²) in [5.74, 6) is -0.919. The van der Waals surface area contributed by atoms with Crippen molar-refractivity contribution in [2.75, 3.05) is 0 Å². The highest BCUT2D eigenvalue weighted by Gasteiger charge is 2.13. The predicted molar refractivity (Wildman–Crippen MR) is 74.8 cm³/mol. The summed E-state index contributed by atoms with van der Waals surface area (Å²) < 4.78 is 2.00. The second-order valence-electron chi connectivity index (χ2n) is 4.39. The van der Waals surface area contributed by atoms with Crippen LogP contribution in [0.15, 0.2) is 41.4 Å². The Labute approximate surface area is 113 Å². The van der Waals surface area contributed by atoms with Crippen LogP contribution in [0.4, 0.5) is 0 Å². The number of imidazole rings is 1. The fourth-order valence-electron chi connectivity index (χ4n) is 2.14. The summed E-state index contributed by atoms with van der Waals surface area (Å²) in [5.41, 5.74) is 3.14. The molecule has 3 rings (SSSR count). The van der Waals surface area contributed by atoms with Crippen molar-refractivity contribution in [3.05, 3.63) is 52.5 Å². The van der Waals surface area contributed by atoms with Gasteiger partial charge in [-0.3, -0.25) is 0 Å². The maximum atomic E-state index is 11.0. The zero-order valence-electron chi connectivity index (χ0n) is 10.3. The van der Waals surface area contributed by atoms with E-state index in [1.54, 1.807) is 35.9 Å². The van der Waals surface area contributed by atoms with Crippen LogP contribution in [0.1, 0.15) is 28.9 Å². The van der Waals surface area contributed by atoms with Crippen molar-refractivity contribution >= 4 is 28.3 Å². The average molecular weight is 272 g/mol. The largest absolute Gasteiger partial charge is 0.478 e. The van der Waals surface area contributed by atoms with Crippen molar-refractivity contribution in [2.45, 2.75) is 13.0 Å². The maximum absolute atomic E-state index is 11.0. The Kier molecular flexibility index (Phi) is 2.83. The fraction of sp³-hybridized carbons (Fsp3) is 0.143. The molecule has 0 aliphatic rings. The molecule has 1 aromatic carbocycles. The second-order valence-corrected chi connectivity index (χ2v) is 5.17. The lowest BCUT2D eigenvalue weighted by atomic mass is 10.1. The molecule has 2 aromatic heterocycles. The number of thiophene rings is 1. The number of nitrogens with zero attached hydrogens (tertiary/aromatic N) is 2. The number of hydrogen-bond acceptors (Lipinski definition) is 3. The first-order valence-corrected chi connectivity index (χ1v) is 6.83. The van der Waals surface area contributed by atoms with E-state index in [4.69, 9.17) is 5.11 Å². The van der Waals surface area contributed by atoms with Crippen LogP contribution in [0.3, 0.4) is 0 Å². The zero-order valence-corrected chi connectivity index (χ0v) is 11.1. The van der Waals surface area contributed by atoms with Gasteiger partial charge in [-0.25, -0.2) is 9.78 Å². The van der Waals surface area contributed by atoms with E-state index in [0.717, 1.165) is 11.0 Å². The van der Waals surface area contributed by atoms with E-state index in [1.165, 1.54) is 5.56 Å². The van der Waals surface area contributed by atoms with Crippen molar-refractivity contribution in [2.24, 2.45) is 0 Å². The Balaban J connectivity index is 2.13. The predicted octanol–water partition coefficient (Wildman–Crippen LogP) is 3.41. The van der Waals surface area contributed by atoms with E-state index < -0.39 is 5.97 Å². The number of carboxylic acid groups (broad SMARTS) is 1. The van der Waals surface area contributed by atoms with Crippen molar-refractivity contribution in [3.63, 3.8) is 0 Å². The van der Waals surface area contributed by atoms with Crippen LogP contribution in [0, 0.1) is 0 Å². The van der Waals surface area contributed by atoms with Gasteiger partial charge in [-0.15, -0.1) is 0 Å². The summed E-state index contributed by atoms with van der Waals surface area (Å²) in [6.07, 6.45) is 1.76. The highest BCUT2D eigenvalue weighted by molar-refractivity contribution is 7.07. The van der Waals surface area contributed by atoms with E-state index in [1.807, 2.05) is 9.95 Å². The van der Waals surface area contributed by atoms with Crippen LogP contribution in [-0.4, -0.2) is 20.6 Å². The van der Waals surface area contributed by atoms with Gasteiger partial charge in [0, 0.05) is 0 Å². The Hall–Kier alpha value is -2.14. The third kappa shape index (κ3) is 2.02. The molecule has 1 atom stereocenters. The molecule has 2 heterocycles. The molecule has 4 nitrogen and oxygen atoms in total. The Morgan fingerprint density at radius 3 is 2.95 bits per heavy atom. The summed E-state index contributed by atoms with van der Waals surface area (Å²) in [7, 11) is 0. The minimum absolute atomic E-state index is 0.139. The molecule has 96 valence electrons. The van der Waals surface area contributed by atoms with Crippen LogP contribution in [-0.2, 0) is 0 Å². The number of benzene rings is 1. The molecule has 0 saturated heterocycles. The van der Waals surface area contributed by atoms with Crippen molar-refractivity contribution in [1.82, 2.24) is 9.55 Å². The molecule has 0 bridgehead atoms. The first-order chi connectivity index (χ1) is 9.16. The summed E-state index contributed by atoms with van der Waals surface area (Å²) in [6.45, 7) is 2.08. The molecule has 0 amide bonds. The number of carboxylic acids is 1. The van der Waals surface area contributed by atoms with Gasteiger partial charge in [0.1, 0.15) is 0 Å². The number of hydrogen-bond donors (Lipinski definition) is 1. The van der Waals surface area contributed by atoms with Crippen LogP contribution >= 0.6 is 11.3 Å². The van der Waals surface area contributed by atoms with Crippen molar-refractivity contribution in [1.29, 1.82) is 0 Å². The lowest BCUT2D eigenvalue weighted by molar-refractivity contribution is 0.0697. The molecule has 3 aromatic rings. The maximum Gasteiger partial charge on any atom is 0.335 e. The average Bonchev–Trinajstić information content (AvgIpc) is 3.06. The second kappa shape index (κ2) is 4.51. The molecule has 1 unspecified atom stereocenters. The normalized spacial score (nSPS) is 12.7. The lowest BCUT2D eigenvalue weighted by Gasteiger charge is -2.13. The molecule has 5 heteroatoms. The third-order valence-corrected chi connectivity index (χ3v) is 3.97. The van der Waals surface area contributed by atoms with E-state index >= 15 is 0 Å². The first kappa shape index (κ1) is 11.9. The van der Waals surface area contributed by atoms with Crippen LogP contribution in [0.25, 0.3) is 11.0 Å². The van der Waals surface area contributed by atoms with Crippen molar-refractivity contribution in [3.8, 4) is 0 Å². The highest BCUT2D eigenvalue weighted by atomic mass is 32.1. The SMILES string of the molecule is CC(c1ccsc1)n1cnc2ccc(C(=O)O)cc21. The zero-order chi connectivity index (χ0) is 13.4. The van der Waals surface area contributed by atoms with Gasteiger partial charge >= 0.3 is 5.97 Å².